The number of urea groups is 1. The van der Waals surface area contributed by atoms with Crippen molar-refractivity contribution in [2.75, 3.05) is 5.32 Å². The van der Waals surface area contributed by atoms with Gasteiger partial charge in [-0.1, -0.05) is 30.6 Å². The van der Waals surface area contributed by atoms with Crippen molar-refractivity contribution in [3.05, 3.63) is 16.7 Å². The lowest BCUT2D eigenvalue weighted by Gasteiger charge is -2.18. The van der Waals surface area contributed by atoms with Gasteiger partial charge in [-0.05, 0) is 19.3 Å². The summed E-state index contributed by atoms with van der Waals surface area (Å²) in [6, 6.07) is -0.281. The molecule has 0 bridgehead atoms. The van der Waals surface area contributed by atoms with Crippen LogP contribution < -0.4 is 10.6 Å². The number of fused-ring (bicyclic) bond motifs is 1. The molecule has 0 saturated heterocycles. The van der Waals surface area contributed by atoms with Crippen LogP contribution in [0.1, 0.15) is 61.1 Å². The standard InChI is InChI=1S/C15H21N7OS/c23-14(16-9-12-19-18-11-7-4-8-22(11)12)17-15-21-20-13(24-15)10-5-2-1-3-6-10/h10H,1-9H2,(H2,16,17,21,23). The van der Waals surface area contributed by atoms with Crippen molar-refractivity contribution in [1.82, 2.24) is 30.3 Å². The molecule has 0 radical (unpaired) electrons. The Morgan fingerprint density at radius 2 is 2.00 bits per heavy atom. The molecule has 2 amide bonds. The van der Waals surface area contributed by atoms with E-state index in [1.807, 2.05) is 0 Å². The van der Waals surface area contributed by atoms with Crippen molar-refractivity contribution in [2.24, 2.45) is 0 Å². The lowest BCUT2D eigenvalue weighted by molar-refractivity contribution is 0.251. The van der Waals surface area contributed by atoms with Crippen LogP contribution in [-0.2, 0) is 19.5 Å². The molecule has 2 aliphatic rings. The number of aryl methyl sites for hydroxylation is 1. The maximum Gasteiger partial charge on any atom is 0.321 e. The Bertz CT molecular complexity index is 719. The summed E-state index contributed by atoms with van der Waals surface area (Å²) in [7, 11) is 0. The van der Waals surface area contributed by atoms with Gasteiger partial charge in [0.15, 0.2) is 5.82 Å². The highest BCUT2D eigenvalue weighted by atomic mass is 32.1. The van der Waals surface area contributed by atoms with Crippen molar-refractivity contribution in [2.45, 2.75) is 64.0 Å². The second-order valence-corrected chi connectivity index (χ2v) is 7.38. The molecule has 1 fully saturated rings. The molecule has 1 aliphatic heterocycles. The zero-order valence-electron chi connectivity index (χ0n) is 13.5. The van der Waals surface area contributed by atoms with Gasteiger partial charge >= 0.3 is 6.03 Å². The van der Waals surface area contributed by atoms with E-state index in [4.69, 9.17) is 0 Å². The lowest BCUT2D eigenvalue weighted by atomic mass is 9.90. The molecule has 0 unspecified atom stereocenters. The summed E-state index contributed by atoms with van der Waals surface area (Å²) in [4.78, 5) is 12.1. The number of nitrogens with zero attached hydrogens (tertiary/aromatic N) is 5. The molecule has 24 heavy (non-hydrogen) atoms. The lowest BCUT2D eigenvalue weighted by Crippen LogP contribution is -2.29. The highest BCUT2D eigenvalue weighted by molar-refractivity contribution is 7.15. The molecule has 8 nitrogen and oxygen atoms in total. The largest absolute Gasteiger partial charge is 0.331 e. The first kappa shape index (κ1) is 15.5. The average molecular weight is 347 g/mol. The molecule has 1 saturated carbocycles. The first-order chi connectivity index (χ1) is 11.8. The van der Waals surface area contributed by atoms with Gasteiger partial charge in [0.1, 0.15) is 10.8 Å². The highest BCUT2D eigenvalue weighted by Gasteiger charge is 2.21. The summed E-state index contributed by atoms with van der Waals surface area (Å²) in [5.74, 6) is 2.32. The Balaban J connectivity index is 1.30. The summed E-state index contributed by atoms with van der Waals surface area (Å²) in [5, 5.41) is 23.8. The van der Waals surface area contributed by atoms with Crippen molar-refractivity contribution in [3.8, 4) is 0 Å². The van der Waals surface area contributed by atoms with Crippen molar-refractivity contribution >= 4 is 22.5 Å². The Labute approximate surface area is 144 Å². The normalized spacial score (nSPS) is 17.7. The third kappa shape index (κ3) is 3.26. The number of carbonyl (C=O) groups is 1. The summed E-state index contributed by atoms with van der Waals surface area (Å²) >= 11 is 1.48. The topological polar surface area (TPSA) is 97.6 Å². The van der Waals surface area contributed by atoms with Gasteiger partial charge in [0.2, 0.25) is 5.13 Å². The summed E-state index contributed by atoms with van der Waals surface area (Å²) in [6.45, 7) is 1.30. The zero-order chi connectivity index (χ0) is 16.4. The predicted octanol–water partition coefficient (Wildman–Crippen LogP) is 2.45. The van der Waals surface area contributed by atoms with Gasteiger partial charge in [-0.3, -0.25) is 5.32 Å². The number of anilines is 1. The van der Waals surface area contributed by atoms with E-state index in [1.54, 1.807) is 0 Å². The van der Waals surface area contributed by atoms with Gasteiger partial charge in [-0.2, -0.15) is 0 Å². The van der Waals surface area contributed by atoms with Crippen LogP contribution in [0.5, 0.6) is 0 Å². The highest BCUT2D eigenvalue weighted by Crippen LogP contribution is 2.35. The number of hydrogen-bond acceptors (Lipinski definition) is 6. The number of rotatable bonds is 4. The van der Waals surface area contributed by atoms with Gasteiger partial charge < -0.3 is 9.88 Å². The summed E-state index contributed by atoms with van der Waals surface area (Å²) < 4.78 is 2.08. The minimum atomic E-state index is -0.281. The monoisotopic (exact) mass is 347 g/mol. The van der Waals surface area contributed by atoms with Crippen LogP contribution in [-0.4, -0.2) is 31.0 Å². The fourth-order valence-corrected chi connectivity index (χ4v) is 4.35. The van der Waals surface area contributed by atoms with E-state index in [1.165, 1.54) is 43.4 Å². The van der Waals surface area contributed by atoms with Crippen LogP contribution in [0, 0.1) is 0 Å². The molecular weight excluding hydrogens is 326 g/mol. The van der Waals surface area contributed by atoms with E-state index in [0.717, 1.165) is 36.0 Å². The van der Waals surface area contributed by atoms with Crippen molar-refractivity contribution in [1.29, 1.82) is 0 Å². The molecule has 1 aliphatic carbocycles. The number of aromatic nitrogens is 5. The fourth-order valence-electron chi connectivity index (χ4n) is 3.44. The van der Waals surface area contributed by atoms with Gasteiger partial charge in [-0.25, -0.2) is 4.79 Å². The first-order valence-corrected chi connectivity index (χ1v) is 9.40. The molecule has 0 aromatic carbocycles. The minimum absolute atomic E-state index is 0.281. The number of carbonyl (C=O) groups excluding carboxylic acids is 1. The molecule has 2 aromatic heterocycles. The molecule has 2 N–H and O–H groups in total. The average Bonchev–Trinajstić information content (AvgIpc) is 3.31. The maximum absolute atomic E-state index is 12.1. The first-order valence-electron chi connectivity index (χ1n) is 8.59. The molecule has 4 rings (SSSR count). The van der Waals surface area contributed by atoms with Gasteiger partial charge in [0.25, 0.3) is 0 Å². The third-order valence-electron chi connectivity index (χ3n) is 4.71. The van der Waals surface area contributed by atoms with E-state index in [-0.39, 0.29) is 6.03 Å². The maximum atomic E-state index is 12.1. The molecule has 0 atom stereocenters. The molecular formula is C15H21N7OS. The Hall–Kier alpha value is -2.03. The predicted molar refractivity (Wildman–Crippen MR) is 89.9 cm³/mol. The number of hydrogen-bond donors (Lipinski definition) is 2. The second kappa shape index (κ2) is 6.84. The Morgan fingerprint density at radius 1 is 1.12 bits per heavy atom. The molecule has 3 heterocycles. The van der Waals surface area contributed by atoms with Crippen LogP contribution >= 0.6 is 11.3 Å². The molecule has 9 heteroatoms. The molecule has 128 valence electrons. The quantitative estimate of drug-likeness (QED) is 0.885. The van der Waals surface area contributed by atoms with Crippen LogP contribution in [0.25, 0.3) is 0 Å². The van der Waals surface area contributed by atoms with Crippen LogP contribution in [0.3, 0.4) is 0 Å². The fraction of sp³-hybridized carbons (Fsp3) is 0.667. The van der Waals surface area contributed by atoms with E-state index < -0.39 is 0 Å². The Kier molecular flexibility index (Phi) is 4.42. The summed E-state index contributed by atoms with van der Waals surface area (Å²) in [6.07, 6.45) is 8.26. The zero-order valence-corrected chi connectivity index (χ0v) is 14.3. The van der Waals surface area contributed by atoms with Gasteiger partial charge in [0.05, 0.1) is 6.54 Å². The number of nitrogens with one attached hydrogen (secondary N) is 2. The van der Waals surface area contributed by atoms with E-state index in [2.05, 4.69) is 35.6 Å². The van der Waals surface area contributed by atoms with E-state index in [9.17, 15) is 4.79 Å². The SMILES string of the molecule is O=C(NCc1nnc2n1CCC2)Nc1nnc(C2CCCCC2)s1. The third-order valence-corrected chi connectivity index (χ3v) is 5.71. The van der Waals surface area contributed by atoms with Crippen LogP contribution in [0.15, 0.2) is 0 Å². The van der Waals surface area contributed by atoms with E-state index >= 15 is 0 Å². The number of amides is 2. The molecule has 0 spiro atoms. The summed E-state index contributed by atoms with van der Waals surface area (Å²) in [5.41, 5.74) is 0. The Morgan fingerprint density at radius 3 is 2.88 bits per heavy atom. The van der Waals surface area contributed by atoms with Crippen LogP contribution in [0.2, 0.25) is 0 Å². The van der Waals surface area contributed by atoms with Crippen molar-refractivity contribution < 1.29 is 4.79 Å². The second-order valence-electron chi connectivity index (χ2n) is 6.38. The molecule has 2 aromatic rings. The smallest absolute Gasteiger partial charge is 0.321 e. The minimum Gasteiger partial charge on any atom is -0.331 e. The van der Waals surface area contributed by atoms with E-state index in [0.29, 0.717) is 17.6 Å². The van der Waals surface area contributed by atoms with Gasteiger partial charge in [0, 0.05) is 18.9 Å². The van der Waals surface area contributed by atoms with Crippen molar-refractivity contribution in [3.63, 3.8) is 0 Å². The van der Waals surface area contributed by atoms with Crippen LogP contribution in [0.4, 0.5) is 9.93 Å². The van der Waals surface area contributed by atoms with Gasteiger partial charge in [-0.15, -0.1) is 20.4 Å².